The van der Waals surface area contributed by atoms with Gasteiger partial charge in [-0.25, -0.2) is 9.97 Å². The number of nitrogen functional groups attached to an aromatic ring is 1. The van der Waals surface area contributed by atoms with Crippen LogP contribution in [0.15, 0.2) is 30.3 Å². The molecular formula is C22H33N3O. The summed E-state index contributed by atoms with van der Waals surface area (Å²) in [6, 6.07) is 10.2. The second kappa shape index (κ2) is 8.07. The summed E-state index contributed by atoms with van der Waals surface area (Å²) in [4.78, 5) is 8.87. The summed E-state index contributed by atoms with van der Waals surface area (Å²) < 4.78 is 6.15. The number of hydrogen-bond donors (Lipinski definition) is 1. The number of benzene rings is 1. The Hall–Kier alpha value is -2.10. The molecular weight excluding hydrogens is 322 g/mol. The van der Waals surface area contributed by atoms with Crippen LogP contribution < -0.4 is 10.5 Å². The molecule has 1 atom stereocenters. The Morgan fingerprint density at radius 3 is 2.27 bits per heavy atom. The molecule has 2 aromatic rings. The molecule has 142 valence electrons. The molecule has 1 aromatic carbocycles. The van der Waals surface area contributed by atoms with Gasteiger partial charge in [0.1, 0.15) is 6.61 Å². The van der Waals surface area contributed by atoms with Gasteiger partial charge in [0, 0.05) is 0 Å². The molecule has 0 aliphatic rings. The number of anilines is 1. The summed E-state index contributed by atoms with van der Waals surface area (Å²) in [7, 11) is 0. The lowest BCUT2D eigenvalue weighted by molar-refractivity contribution is 0.179. The molecule has 0 spiro atoms. The van der Waals surface area contributed by atoms with Crippen LogP contribution in [0.5, 0.6) is 5.75 Å². The molecule has 1 aromatic heterocycles. The minimum Gasteiger partial charge on any atom is -0.485 e. The monoisotopic (exact) mass is 355 g/mol. The second-order valence-electron chi connectivity index (χ2n) is 8.80. The fourth-order valence-corrected chi connectivity index (χ4v) is 3.68. The topological polar surface area (TPSA) is 61.0 Å². The first-order valence-electron chi connectivity index (χ1n) is 9.42. The normalized spacial score (nSPS) is 14.1. The van der Waals surface area contributed by atoms with E-state index in [4.69, 9.17) is 10.5 Å². The molecule has 2 N–H and O–H groups in total. The van der Waals surface area contributed by atoms with Gasteiger partial charge in [0.15, 0.2) is 5.75 Å². The summed E-state index contributed by atoms with van der Waals surface area (Å²) >= 11 is 0. The lowest BCUT2D eigenvalue weighted by atomic mass is 9.71. The van der Waals surface area contributed by atoms with E-state index in [1.165, 1.54) is 0 Å². The van der Waals surface area contributed by atoms with Gasteiger partial charge in [-0.2, -0.15) is 0 Å². The van der Waals surface area contributed by atoms with Crippen molar-refractivity contribution < 1.29 is 4.74 Å². The number of hydrogen-bond acceptors (Lipinski definition) is 4. The molecule has 2 rings (SSSR count). The van der Waals surface area contributed by atoms with Gasteiger partial charge in [-0.05, 0) is 36.2 Å². The third kappa shape index (κ3) is 5.72. The van der Waals surface area contributed by atoms with Gasteiger partial charge in [0.2, 0.25) is 5.95 Å². The van der Waals surface area contributed by atoms with Crippen molar-refractivity contribution in [1.29, 1.82) is 0 Å². The first kappa shape index (κ1) is 20.2. The van der Waals surface area contributed by atoms with Crippen molar-refractivity contribution in [3.05, 3.63) is 47.3 Å². The van der Waals surface area contributed by atoms with E-state index in [2.05, 4.69) is 56.7 Å². The number of nitrogens with zero attached hydrogens (tertiary/aromatic N) is 2. The Kier molecular flexibility index (Phi) is 6.27. The molecule has 0 amide bonds. The van der Waals surface area contributed by atoms with Crippen molar-refractivity contribution >= 4 is 5.95 Å². The molecule has 4 heteroatoms. The van der Waals surface area contributed by atoms with E-state index < -0.39 is 0 Å². The van der Waals surface area contributed by atoms with Crippen LogP contribution in [-0.2, 0) is 13.0 Å². The van der Waals surface area contributed by atoms with Gasteiger partial charge in [0.05, 0.1) is 11.4 Å². The molecule has 0 saturated carbocycles. The Bertz CT molecular complexity index is 722. The molecule has 26 heavy (non-hydrogen) atoms. The Morgan fingerprint density at radius 1 is 1.04 bits per heavy atom. The van der Waals surface area contributed by atoms with Gasteiger partial charge in [-0.15, -0.1) is 0 Å². The van der Waals surface area contributed by atoms with Crippen molar-refractivity contribution in [1.82, 2.24) is 9.97 Å². The SMILES string of the molecule is CCC(C)(Cc1nc(N)nc(C)c1OCc1ccccc1)CC(C)(C)C. The summed E-state index contributed by atoms with van der Waals surface area (Å²) in [5.74, 6) is 1.09. The van der Waals surface area contributed by atoms with E-state index in [1.807, 2.05) is 25.1 Å². The molecule has 0 bridgehead atoms. The van der Waals surface area contributed by atoms with E-state index in [0.29, 0.717) is 12.6 Å². The summed E-state index contributed by atoms with van der Waals surface area (Å²) in [6.45, 7) is 13.9. The highest BCUT2D eigenvalue weighted by Crippen LogP contribution is 2.40. The highest BCUT2D eigenvalue weighted by atomic mass is 16.5. The van der Waals surface area contributed by atoms with Crippen LogP contribution in [0.25, 0.3) is 0 Å². The summed E-state index contributed by atoms with van der Waals surface area (Å²) in [6.07, 6.45) is 3.02. The van der Waals surface area contributed by atoms with Gasteiger partial charge in [-0.3, -0.25) is 0 Å². The predicted molar refractivity (Wildman–Crippen MR) is 108 cm³/mol. The maximum Gasteiger partial charge on any atom is 0.220 e. The number of nitrogens with two attached hydrogens (primary N) is 1. The fourth-order valence-electron chi connectivity index (χ4n) is 3.68. The van der Waals surface area contributed by atoms with Crippen molar-refractivity contribution in [3.63, 3.8) is 0 Å². The standard InChI is InChI=1S/C22H33N3O/c1-7-22(6,15-21(3,4)5)13-18-19(16(2)24-20(23)25-18)26-14-17-11-9-8-10-12-17/h8-12H,7,13-15H2,1-6H3,(H2,23,24,25). The molecule has 1 heterocycles. The Morgan fingerprint density at radius 2 is 1.69 bits per heavy atom. The quantitative estimate of drug-likeness (QED) is 0.728. The van der Waals surface area contributed by atoms with Crippen LogP contribution in [0, 0.1) is 17.8 Å². The maximum atomic E-state index is 6.15. The zero-order valence-corrected chi connectivity index (χ0v) is 17.1. The third-order valence-corrected chi connectivity index (χ3v) is 4.75. The van der Waals surface area contributed by atoms with E-state index in [9.17, 15) is 0 Å². The lowest BCUT2D eigenvalue weighted by Gasteiger charge is -2.35. The van der Waals surface area contributed by atoms with Crippen LogP contribution in [0.1, 0.15) is 64.4 Å². The van der Waals surface area contributed by atoms with Gasteiger partial charge in [0.25, 0.3) is 0 Å². The zero-order valence-electron chi connectivity index (χ0n) is 17.1. The fraction of sp³-hybridized carbons (Fsp3) is 0.545. The smallest absolute Gasteiger partial charge is 0.220 e. The van der Waals surface area contributed by atoms with Crippen LogP contribution >= 0.6 is 0 Å². The largest absolute Gasteiger partial charge is 0.485 e. The minimum absolute atomic E-state index is 0.135. The lowest BCUT2D eigenvalue weighted by Crippen LogP contribution is -2.26. The first-order chi connectivity index (χ1) is 12.1. The molecule has 1 unspecified atom stereocenters. The van der Waals surface area contributed by atoms with Crippen LogP contribution in [0.4, 0.5) is 5.95 Å². The Balaban J connectivity index is 2.29. The number of aromatic nitrogens is 2. The van der Waals surface area contributed by atoms with Crippen LogP contribution in [-0.4, -0.2) is 9.97 Å². The maximum absolute atomic E-state index is 6.15. The van der Waals surface area contributed by atoms with Crippen molar-refractivity contribution in [2.24, 2.45) is 10.8 Å². The first-order valence-corrected chi connectivity index (χ1v) is 9.42. The Labute approximate surface area is 158 Å². The van der Waals surface area contributed by atoms with Gasteiger partial charge in [-0.1, -0.05) is 71.4 Å². The van der Waals surface area contributed by atoms with Gasteiger partial charge >= 0.3 is 0 Å². The minimum atomic E-state index is 0.135. The van der Waals surface area contributed by atoms with E-state index in [-0.39, 0.29) is 10.8 Å². The zero-order chi connectivity index (χ0) is 19.4. The average Bonchev–Trinajstić information content (AvgIpc) is 2.53. The van der Waals surface area contributed by atoms with Crippen molar-refractivity contribution in [3.8, 4) is 5.75 Å². The van der Waals surface area contributed by atoms with Crippen molar-refractivity contribution in [2.45, 2.75) is 67.4 Å². The average molecular weight is 356 g/mol. The molecule has 0 fully saturated rings. The van der Waals surface area contributed by atoms with E-state index >= 15 is 0 Å². The highest BCUT2D eigenvalue weighted by Gasteiger charge is 2.31. The van der Waals surface area contributed by atoms with Gasteiger partial charge < -0.3 is 10.5 Å². The van der Waals surface area contributed by atoms with E-state index in [0.717, 1.165) is 42.0 Å². The van der Waals surface area contributed by atoms with Crippen LogP contribution in [0.3, 0.4) is 0 Å². The van der Waals surface area contributed by atoms with Crippen LogP contribution in [0.2, 0.25) is 0 Å². The summed E-state index contributed by atoms with van der Waals surface area (Å²) in [5, 5.41) is 0. The van der Waals surface area contributed by atoms with Crippen molar-refractivity contribution in [2.75, 3.05) is 5.73 Å². The molecule has 0 radical (unpaired) electrons. The molecule has 0 aliphatic carbocycles. The predicted octanol–water partition coefficient (Wildman–Crippen LogP) is 5.34. The molecule has 0 saturated heterocycles. The number of aryl methyl sites for hydroxylation is 1. The molecule has 4 nitrogen and oxygen atoms in total. The third-order valence-electron chi connectivity index (χ3n) is 4.75. The number of rotatable bonds is 7. The summed E-state index contributed by atoms with van der Waals surface area (Å²) in [5.41, 5.74) is 9.18. The molecule has 0 aliphatic heterocycles. The van der Waals surface area contributed by atoms with E-state index in [1.54, 1.807) is 0 Å². The highest BCUT2D eigenvalue weighted by molar-refractivity contribution is 5.38. The second-order valence-corrected chi connectivity index (χ2v) is 8.80. The number of ether oxygens (including phenoxy) is 1.